The molecule has 3 nitrogen and oxygen atoms in total. The fourth-order valence-corrected chi connectivity index (χ4v) is 2.86. The van der Waals surface area contributed by atoms with Crippen molar-refractivity contribution in [2.75, 3.05) is 0 Å². The molecule has 0 radical (unpaired) electrons. The topological polar surface area (TPSA) is 38.0 Å². The largest absolute Gasteiger partial charge is 0.381 e. The summed E-state index contributed by atoms with van der Waals surface area (Å²) in [5, 5.41) is 15.5. The van der Waals surface area contributed by atoms with Gasteiger partial charge in [-0.05, 0) is 25.5 Å². The van der Waals surface area contributed by atoms with Crippen LogP contribution in [0.4, 0.5) is 0 Å². The summed E-state index contributed by atoms with van der Waals surface area (Å²) in [7, 11) is 0. The molecule has 2 rings (SSSR count). The highest BCUT2D eigenvalue weighted by atomic mass is 79.9. The van der Waals surface area contributed by atoms with Gasteiger partial charge in [-0.2, -0.15) is 5.10 Å². The first-order valence-electron chi connectivity index (χ1n) is 6.16. The highest BCUT2D eigenvalue weighted by molar-refractivity contribution is 9.10. The van der Waals surface area contributed by atoms with Gasteiger partial charge in [-0.1, -0.05) is 40.5 Å². The molecule has 0 spiro atoms. The second kappa shape index (κ2) is 5.65. The molecule has 1 unspecified atom stereocenters. The van der Waals surface area contributed by atoms with Crippen LogP contribution in [0.2, 0.25) is 5.02 Å². The van der Waals surface area contributed by atoms with Crippen molar-refractivity contribution in [2.24, 2.45) is 0 Å². The van der Waals surface area contributed by atoms with Gasteiger partial charge in [-0.15, -0.1) is 0 Å². The quantitative estimate of drug-likeness (QED) is 0.912. The Labute approximate surface area is 126 Å². The van der Waals surface area contributed by atoms with Gasteiger partial charge < -0.3 is 5.11 Å². The average molecular weight is 344 g/mol. The van der Waals surface area contributed by atoms with E-state index in [1.165, 1.54) is 0 Å². The van der Waals surface area contributed by atoms with Crippen molar-refractivity contribution in [3.8, 4) is 0 Å². The molecule has 1 aromatic heterocycles. The van der Waals surface area contributed by atoms with Crippen LogP contribution in [0.1, 0.15) is 31.4 Å². The summed E-state index contributed by atoms with van der Waals surface area (Å²) >= 11 is 9.58. The zero-order valence-electron chi connectivity index (χ0n) is 10.9. The zero-order valence-corrected chi connectivity index (χ0v) is 13.2. The van der Waals surface area contributed by atoms with E-state index in [9.17, 15) is 5.11 Å². The predicted octanol–water partition coefficient (Wildman–Crippen LogP) is 3.96. The van der Waals surface area contributed by atoms with Gasteiger partial charge >= 0.3 is 0 Å². The lowest BCUT2D eigenvalue weighted by atomic mass is 9.90. The lowest BCUT2D eigenvalue weighted by molar-refractivity contribution is 0.102. The molecule has 0 fully saturated rings. The van der Waals surface area contributed by atoms with E-state index in [1.807, 2.05) is 23.0 Å². The van der Waals surface area contributed by atoms with Crippen molar-refractivity contribution >= 4 is 27.5 Å². The molecule has 1 N–H and O–H groups in total. The van der Waals surface area contributed by atoms with E-state index in [0.717, 1.165) is 23.0 Å². The van der Waals surface area contributed by atoms with E-state index in [1.54, 1.807) is 19.2 Å². The van der Waals surface area contributed by atoms with Gasteiger partial charge in [0.05, 0.1) is 6.20 Å². The summed E-state index contributed by atoms with van der Waals surface area (Å²) < 4.78 is 2.72. The predicted molar refractivity (Wildman–Crippen MR) is 80.3 cm³/mol. The molecule has 0 saturated carbocycles. The van der Waals surface area contributed by atoms with E-state index in [0.29, 0.717) is 10.6 Å². The molecule has 5 heteroatoms. The first kappa shape index (κ1) is 14.6. The van der Waals surface area contributed by atoms with Crippen LogP contribution < -0.4 is 0 Å². The third-order valence-electron chi connectivity index (χ3n) is 3.10. The van der Waals surface area contributed by atoms with Gasteiger partial charge in [0.15, 0.2) is 0 Å². The Morgan fingerprint density at radius 2 is 2.21 bits per heavy atom. The SMILES string of the molecule is CCCn1cc(C(C)(O)c2ccc(Br)cc2Cl)cn1. The van der Waals surface area contributed by atoms with E-state index in [4.69, 9.17) is 11.6 Å². The number of aryl methyl sites for hydroxylation is 1. The first-order valence-corrected chi connectivity index (χ1v) is 7.33. The van der Waals surface area contributed by atoms with Crippen molar-refractivity contribution < 1.29 is 5.11 Å². The molecule has 1 heterocycles. The molecule has 102 valence electrons. The fraction of sp³-hybridized carbons (Fsp3) is 0.357. The Kier molecular flexibility index (Phi) is 4.33. The van der Waals surface area contributed by atoms with Gasteiger partial charge in [0.25, 0.3) is 0 Å². The van der Waals surface area contributed by atoms with Crippen molar-refractivity contribution in [1.29, 1.82) is 0 Å². The summed E-state index contributed by atoms with van der Waals surface area (Å²) in [6, 6.07) is 5.47. The van der Waals surface area contributed by atoms with Crippen molar-refractivity contribution in [3.05, 3.63) is 51.2 Å². The molecule has 0 amide bonds. The summed E-state index contributed by atoms with van der Waals surface area (Å²) in [5.41, 5.74) is 0.266. The van der Waals surface area contributed by atoms with Crippen LogP contribution in [0, 0.1) is 0 Å². The minimum atomic E-state index is -1.15. The van der Waals surface area contributed by atoms with Crippen LogP contribution in [-0.2, 0) is 12.1 Å². The molecule has 0 aliphatic heterocycles. The Morgan fingerprint density at radius 1 is 1.47 bits per heavy atom. The third kappa shape index (κ3) is 3.02. The van der Waals surface area contributed by atoms with Crippen molar-refractivity contribution in [1.82, 2.24) is 9.78 Å². The van der Waals surface area contributed by atoms with Gasteiger partial charge in [-0.25, -0.2) is 0 Å². The fourth-order valence-electron chi connectivity index (χ4n) is 2.01. The average Bonchev–Trinajstić information content (AvgIpc) is 2.78. The number of aromatic nitrogens is 2. The van der Waals surface area contributed by atoms with Crippen molar-refractivity contribution in [2.45, 2.75) is 32.4 Å². The lowest BCUT2D eigenvalue weighted by Crippen LogP contribution is -2.22. The Hall–Kier alpha value is -0.840. The molecule has 1 atom stereocenters. The van der Waals surface area contributed by atoms with E-state index in [-0.39, 0.29) is 0 Å². The molecular formula is C14H16BrClN2O. The molecule has 0 saturated heterocycles. The van der Waals surface area contributed by atoms with Gasteiger partial charge in [-0.3, -0.25) is 4.68 Å². The smallest absolute Gasteiger partial charge is 0.116 e. The highest BCUT2D eigenvalue weighted by Crippen LogP contribution is 2.35. The number of benzene rings is 1. The molecule has 0 aliphatic rings. The first-order chi connectivity index (χ1) is 8.95. The Bertz CT molecular complexity index is 581. The van der Waals surface area contributed by atoms with Gasteiger partial charge in [0.1, 0.15) is 5.60 Å². The van der Waals surface area contributed by atoms with Crippen LogP contribution in [0.3, 0.4) is 0 Å². The maximum atomic E-state index is 10.8. The maximum absolute atomic E-state index is 10.8. The van der Waals surface area contributed by atoms with E-state index < -0.39 is 5.60 Å². The summed E-state index contributed by atoms with van der Waals surface area (Å²) in [6.45, 7) is 4.66. The minimum Gasteiger partial charge on any atom is -0.381 e. The monoisotopic (exact) mass is 342 g/mol. The lowest BCUT2D eigenvalue weighted by Gasteiger charge is -2.23. The van der Waals surface area contributed by atoms with Gasteiger partial charge in [0, 0.05) is 33.4 Å². The van der Waals surface area contributed by atoms with E-state index in [2.05, 4.69) is 28.0 Å². The normalized spacial score (nSPS) is 14.4. The number of rotatable bonds is 4. The second-order valence-electron chi connectivity index (χ2n) is 4.69. The maximum Gasteiger partial charge on any atom is 0.116 e. The molecule has 19 heavy (non-hydrogen) atoms. The van der Waals surface area contributed by atoms with Crippen LogP contribution >= 0.6 is 27.5 Å². The highest BCUT2D eigenvalue weighted by Gasteiger charge is 2.29. The number of halogens is 2. The number of nitrogens with zero attached hydrogens (tertiary/aromatic N) is 2. The zero-order chi connectivity index (χ0) is 14.0. The number of aliphatic hydroxyl groups is 1. The second-order valence-corrected chi connectivity index (χ2v) is 6.01. The van der Waals surface area contributed by atoms with Gasteiger partial charge in [0.2, 0.25) is 0 Å². The number of hydrogen-bond acceptors (Lipinski definition) is 2. The third-order valence-corrected chi connectivity index (χ3v) is 3.91. The standard InChI is InChI=1S/C14H16BrClN2O/c1-3-6-18-9-10(8-17-18)14(2,19)12-5-4-11(15)7-13(12)16/h4-5,7-9,19H,3,6H2,1-2H3. The van der Waals surface area contributed by atoms with Crippen LogP contribution in [-0.4, -0.2) is 14.9 Å². The summed E-state index contributed by atoms with van der Waals surface area (Å²) in [5.74, 6) is 0. The molecule has 0 aliphatic carbocycles. The van der Waals surface area contributed by atoms with E-state index >= 15 is 0 Å². The minimum absolute atomic E-state index is 0.530. The Morgan fingerprint density at radius 3 is 2.84 bits per heavy atom. The van der Waals surface area contributed by atoms with Crippen molar-refractivity contribution in [3.63, 3.8) is 0 Å². The summed E-state index contributed by atoms with van der Waals surface area (Å²) in [4.78, 5) is 0. The molecular weight excluding hydrogens is 328 g/mol. The number of hydrogen-bond donors (Lipinski definition) is 1. The Balaban J connectivity index is 2.39. The van der Waals surface area contributed by atoms with Crippen LogP contribution in [0.5, 0.6) is 0 Å². The molecule has 2 aromatic rings. The molecule has 0 bridgehead atoms. The summed E-state index contributed by atoms with van der Waals surface area (Å²) in [6.07, 6.45) is 4.55. The molecule has 1 aromatic carbocycles. The van der Waals surface area contributed by atoms with Crippen LogP contribution in [0.15, 0.2) is 35.1 Å². The van der Waals surface area contributed by atoms with Crippen LogP contribution in [0.25, 0.3) is 0 Å².